The van der Waals surface area contributed by atoms with Crippen molar-refractivity contribution < 1.29 is 106 Å². The number of carbonyl (C=O) groups excluding carboxylic acids is 5. The number of nitrogens with two attached hydrogens (primary N) is 2. The van der Waals surface area contributed by atoms with Crippen LogP contribution in [0.1, 0.15) is 162 Å². The molecule has 0 unspecified atom stereocenters. The van der Waals surface area contributed by atoms with Crippen LogP contribution >= 0.6 is 0 Å². The number of aromatic nitrogens is 5. The van der Waals surface area contributed by atoms with Crippen molar-refractivity contribution in [2.45, 2.75) is 226 Å². The zero-order valence-electron chi connectivity index (χ0n) is 75.2. The van der Waals surface area contributed by atoms with Crippen molar-refractivity contribution >= 4 is 69.2 Å². The number of Topliss-reactive ketones (excluding diaryl/α,β-unsaturated/α-hetero) is 1. The molecule has 2 aromatic carbocycles. The molecule has 2 bridgehead atoms. The molecule has 5 aliphatic rings. The summed E-state index contributed by atoms with van der Waals surface area (Å²) in [5.41, 5.74) is 20.5. The van der Waals surface area contributed by atoms with Crippen LogP contribution in [0.15, 0.2) is 99.9 Å². The lowest BCUT2D eigenvalue weighted by molar-refractivity contribution is -0.265. The maximum atomic E-state index is 14.6. The number of cyclic esters (lactones) is 1. The van der Waals surface area contributed by atoms with Crippen LogP contribution in [-0.4, -0.2) is 278 Å². The van der Waals surface area contributed by atoms with Gasteiger partial charge >= 0.3 is 5.97 Å². The van der Waals surface area contributed by atoms with E-state index in [0.29, 0.717) is 208 Å². The molecule has 1 aliphatic carbocycles. The van der Waals surface area contributed by atoms with Gasteiger partial charge in [0.25, 0.3) is 23.6 Å². The van der Waals surface area contributed by atoms with E-state index in [1.807, 2.05) is 92.8 Å². The number of anilines is 2. The Morgan fingerprint density at radius 1 is 0.752 bits per heavy atom. The lowest BCUT2D eigenvalue weighted by atomic mass is 9.78. The van der Waals surface area contributed by atoms with Crippen LogP contribution in [0, 0.1) is 35.5 Å². The molecule has 33 nitrogen and oxygen atoms in total. The van der Waals surface area contributed by atoms with E-state index in [2.05, 4.69) is 50.5 Å². The van der Waals surface area contributed by atoms with Crippen LogP contribution in [0.4, 0.5) is 11.8 Å². The van der Waals surface area contributed by atoms with E-state index < -0.39 is 90.0 Å². The third kappa shape index (κ3) is 29.3. The first-order valence-corrected chi connectivity index (χ1v) is 44.4. The van der Waals surface area contributed by atoms with Crippen molar-refractivity contribution in [1.82, 2.24) is 39.8 Å². The number of esters is 1. The highest BCUT2D eigenvalue weighted by atomic mass is 16.6. The van der Waals surface area contributed by atoms with Gasteiger partial charge in [0.1, 0.15) is 47.7 Å². The number of hydrogen-bond acceptors (Lipinski definition) is 29. The molecule has 16 atom stereocenters. The van der Waals surface area contributed by atoms with Gasteiger partial charge in [-0.2, -0.15) is 10.1 Å². The number of ether oxygens (including phenoxy) is 11. The average Bonchev–Trinajstić information content (AvgIpc) is 1.70. The highest BCUT2D eigenvalue weighted by Gasteiger charge is 2.53. The third-order valence-electron chi connectivity index (χ3n) is 24.2. The number of hydrogen-bond donors (Lipinski definition) is 7. The van der Waals surface area contributed by atoms with Crippen molar-refractivity contribution in [2.75, 3.05) is 138 Å². The number of aliphatic hydroxyl groups is 4. The highest BCUT2D eigenvalue weighted by Crippen LogP contribution is 2.40. The number of oxime groups is 1. The SMILES string of the molecule is CCOCCOCCNC(=O)CON=C1[C@H](C)C[C@H](C)/C=C/C=C/C=C(\C)[C@@H](OC)C[C@@H]2CC[C@@H](C)[C@@](O)(O2)C(=O)C(=O)N2CCCC[C@H]2C(=O)O[C@H]([C@H](C)C[C@@H]2CC[C@@H](O)[C@H](OC)C2)C[C@@H](O)[C@H](C)/C=C(\C)[C@@H](O)[C@H]1OC.CCOCCOCCOCCOCCC(=O)N1CCc2cc(Cn3nc(-c4ccc5oc(N)nc5c4)c4c(N)ncnc43)ccc2C1. The van der Waals surface area contributed by atoms with Gasteiger partial charge < -0.3 is 108 Å². The van der Waals surface area contributed by atoms with E-state index >= 15 is 0 Å². The van der Waals surface area contributed by atoms with Crippen LogP contribution in [-0.2, 0) is 100 Å². The van der Waals surface area contributed by atoms with Gasteiger partial charge in [-0.3, -0.25) is 19.2 Å². The predicted octanol–water partition coefficient (Wildman–Crippen LogP) is 9.15. The van der Waals surface area contributed by atoms with E-state index in [9.17, 15) is 44.4 Å². The molecule has 0 radical (unpaired) electrons. The fourth-order valence-electron chi connectivity index (χ4n) is 16.9. The van der Waals surface area contributed by atoms with Gasteiger partial charge in [-0.25, -0.2) is 19.4 Å². The second-order valence-electron chi connectivity index (χ2n) is 33.5. The predicted molar refractivity (Wildman–Crippen MR) is 470 cm³/mol. The Kier molecular flexibility index (Phi) is 40.8. The number of methoxy groups -OCH3 is 3. The number of oxazole rings is 1. The standard InChI is InChI=1S/C59H97N3O16.C33H40N8O6/c1-12-74-28-29-75-27-25-60-52(65)36-76-61-53-41(6)30-37(2)18-14-13-15-19-38(3)49(71-9)34-45-23-21-43(8)59(70,78-45)56(67)57(68)62-26-17-16-20-46(62)58(69)77-50(40(5)32-44-22-24-47(63)51(33-44)72-10)35-48(64)39(4)31-42(7)54(66)55(53)73-11;1-2-43-11-12-45-15-16-46-14-13-44-10-8-28(42)40-9-7-23-17-22(3-4-25(23)20-40)19-41-32-29(31(34)36-21-37-32)30(39-41)24-5-6-27-26(18-24)38-33(35)47-27/h13-15,18-19,31,37,39-41,43-51,54-55,63-64,66,70H,12,16-17,20-30,32-36H2,1-11H3,(H,60,65);3-6,17-18,21H,2,7-16,19-20H2,1H3,(H2,35,38)(H2,34,36,37)/b15-13+,18-14+,38-19+,42-31+,61-53?;/t37-,39-,40-,41-,43-,44+,45+,46+,47-,48-,49+,50+,51-,54-,55+,59-;/m1./s1. The number of carbonyl (C=O) groups is 5. The second kappa shape index (κ2) is 50.9. The number of aliphatic hydroxyl groups excluding tert-OH is 3. The first-order chi connectivity index (χ1) is 60.2. The summed E-state index contributed by atoms with van der Waals surface area (Å²) in [5.74, 6) is -7.09. The summed E-state index contributed by atoms with van der Waals surface area (Å²) >= 11 is 0. The summed E-state index contributed by atoms with van der Waals surface area (Å²) in [6.45, 7) is 24.5. The number of fused-ring (bicyclic) bond motifs is 6. The number of nitrogen functional groups attached to an aromatic ring is 2. The van der Waals surface area contributed by atoms with Gasteiger partial charge in [-0.1, -0.05) is 94.4 Å². The Labute approximate surface area is 734 Å². The van der Waals surface area contributed by atoms with Crippen LogP contribution in [0.3, 0.4) is 0 Å². The molecule has 10 rings (SSSR count). The van der Waals surface area contributed by atoms with Crippen LogP contribution < -0.4 is 16.8 Å². The van der Waals surface area contributed by atoms with Crippen molar-refractivity contribution in [3.8, 4) is 11.3 Å². The zero-order valence-corrected chi connectivity index (χ0v) is 75.2. The Hall–Kier alpha value is -8.52. The summed E-state index contributed by atoms with van der Waals surface area (Å²) in [6, 6.07) is 10.9. The number of allylic oxidation sites excluding steroid dienone is 5. The molecule has 9 N–H and O–H groups in total. The first kappa shape index (κ1) is 100. The minimum Gasteiger partial charge on any atom is -0.460 e. The van der Waals surface area contributed by atoms with Gasteiger partial charge in [0.15, 0.2) is 17.8 Å². The molecule has 33 heteroatoms. The topological polar surface area (TPSA) is 430 Å². The quantitative estimate of drug-likeness (QED) is 0.00693. The van der Waals surface area contributed by atoms with Gasteiger partial charge in [-0.15, -0.1) is 0 Å². The highest BCUT2D eigenvalue weighted by molar-refractivity contribution is 6.39. The van der Waals surface area contributed by atoms with Gasteiger partial charge in [0.05, 0.1) is 121 Å². The molecular weight excluding hydrogens is 1610 g/mol. The maximum Gasteiger partial charge on any atom is 0.329 e. The van der Waals surface area contributed by atoms with Gasteiger partial charge in [0, 0.05) is 96.9 Å². The van der Waals surface area contributed by atoms with Crippen LogP contribution in [0.5, 0.6) is 0 Å². The summed E-state index contributed by atoms with van der Waals surface area (Å²) in [6.07, 6.45) is 13.3. The minimum atomic E-state index is -2.44. The smallest absolute Gasteiger partial charge is 0.329 e. The zero-order chi connectivity index (χ0) is 90.1. The number of rotatable bonds is 32. The molecule has 7 heterocycles. The lowest BCUT2D eigenvalue weighted by Gasteiger charge is -2.43. The summed E-state index contributed by atoms with van der Waals surface area (Å²) in [5, 5.41) is 59.5. The first-order valence-electron chi connectivity index (χ1n) is 44.4. The van der Waals surface area contributed by atoms with Crippen LogP contribution in [0.2, 0.25) is 0 Å². The fraction of sp³-hybridized carbons (Fsp3) is 0.652. The van der Waals surface area contributed by atoms with Gasteiger partial charge in [-0.05, 0) is 162 Å². The summed E-state index contributed by atoms with van der Waals surface area (Å²) in [7, 11) is 4.62. The third-order valence-corrected chi connectivity index (χ3v) is 24.2. The molecule has 0 spiro atoms. The van der Waals surface area contributed by atoms with E-state index in [0.717, 1.165) is 35.1 Å². The lowest BCUT2D eigenvalue weighted by Crippen LogP contribution is -2.61. The normalized spacial score (nSPS) is 28.0. The van der Waals surface area contributed by atoms with Crippen LogP contribution in [0.25, 0.3) is 33.4 Å². The molecule has 4 aliphatic heterocycles. The number of ketones is 1. The fourth-order valence-corrected chi connectivity index (χ4v) is 16.9. The Bertz CT molecular complexity index is 4400. The summed E-state index contributed by atoms with van der Waals surface area (Å²) in [4.78, 5) is 90.7. The average molecular weight is 1750 g/mol. The van der Waals surface area contributed by atoms with Crippen molar-refractivity contribution in [3.63, 3.8) is 0 Å². The van der Waals surface area contributed by atoms with Crippen molar-refractivity contribution in [2.24, 2.45) is 40.7 Å². The number of nitrogens with one attached hydrogen (secondary N) is 1. The largest absolute Gasteiger partial charge is 0.460 e. The Balaban J connectivity index is 0.000000318. The molecule has 3 aromatic heterocycles. The Morgan fingerprint density at radius 2 is 1.47 bits per heavy atom. The second-order valence-corrected chi connectivity index (χ2v) is 33.5. The summed E-state index contributed by atoms with van der Waals surface area (Å²) < 4.78 is 69.9. The number of amides is 3. The van der Waals surface area contributed by atoms with E-state index in [1.54, 1.807) is 41.1 Å². The van der Waals surface area contributed by atoms with Gasteiger partial charge in [0.2, 0.25) is 11.7 Å². The number of piperidine rings is 1. The molecule has 5 aromatic rings. The maximum absolute atomic E-state index is 14.6. The van der Waals surface area contributed by atoms with E-state index in [1.165, 1.54) is 23.9 Å². The molecule has 3 amide bonds. The monoisotopic (exact) mass is 1750 g/mol. The molecule has 125 heavy (non-hydrogen) atoms. The molecule has 2 saturated heterocycles. The molecular formula is C92H137N11O22. The number of nitrogens with zero attached hydrogens (tertiary/aromatic N) is 8. The van der Waals surface area contributed by atoms with Crippen molar-refractivity contribution in [3.05, 3.63) is 107 Å². The molecule has 3 fully saturated rings. The molecule has 692 valence electrons. The molecule has 1 saturated carbocycles. The Morgan fingerprint density at radius 3 is 2.18 bits per heavy atom. The van der Waals surface area contributed by atoms with E-state index in [4.69, 9.17) is 77.9 Å². The number of benzene rings is 2. The minimum absolute atomic E-state index is 0.00524. The van der Waals surface area contributed by atoms with Crippen molar-refractivity contribution in [1.29, 1.82) is 0 Å². The van der Waals surface area contributed by atoms with E-state index in [-0.39, 0.29) is 74.2 Å².